The van der Waals surface area contributed by atoms with E-state index in [0.717, 1.165) is 70.8 Å². The number of piperidine rings is 1. The molecule has 1 spiro atoms. The molecule has 326 valence electrons. The number of ether oxygens (including phenoxy) is 1. The van der Waals surface area contributed by atoms with Crippen molar-refractivity contribution in [2.24, 2.45) is 17.3 Å². The van der Waals surface area contributed by atoms with E-state index in [2.05, 4.69) is 32.6 Å². The number of carbonyl (C=O) groups excluding carboxylic acids is 1. The summed E-state index contributed by atoms with van der Waals surface area (Å²) >= 11 is 0. The molecule has 1 aliphatic carbocycles. The van der Waals surface area contributed by atoms with Gasteiger partial charge >= 0.3 is 11.9 Å². The van der Waals surface area contributed by atoms with Gasteiger partial charge in [-0.1, -0.05) is 182 Å². The van der Waals surface area contributed by atoms with Crippen molar-refractivity contribution in [2.75, 3.05) is 26.2 Å². The fourth-order valence-corrected chi connectivity index (χ4v) is 9.12. The molecule has 2 N–H and O–H groups in total. The fraction of sp³-hybridized carbons (Fsp3) is 0.959. The van der Waals surface area contributed by atoms with Crippen LogP contribution in [0.2, 0.25) is 0 Å². The average molecular weight is 778 g/mol. The van der Waals surface area contributed by atoms with Crippen LogP contribution in [0.15, 0.2) is 0 Å². The highest BCUT2D eigenvalue weighted by atomic mass is 16.5. The van der Waals surface area contributed by atoms with Crippen molar-refractivity contribution < 1.29 is 24.5 Å². The highest BCUT2D eigenvalue weighted by molar-refractivity contribution is 5.72. The molecule has 55 heavy (non-hydrogen) atoms. The summed E-state index contributed by atoms with van der Waals surface area (Å²) in [6.07, 6.45) is 42.3. The smallest absolute Gasteiger partial charge is 0.309 e. The van der Waals surface area contributed by atoms with Crippen molar-refractivity contribution in [3.8, 4) is 0 Å². The van der Waals surface area contributed by atoms with Crippen LogP contribution in [0.1, 0.15) is 252 Å². The van der Waals surface area contributed by atoms with Gasteiger partial charge < -0.3 is 19.8 Å². The Morgan fingerprint density at radius 3 is 1.36 bits per heavy atom. The molecule has 1 aliphatic heterocycles. The normalized spacial score (nSPS) is 16.9. The molecule has 0 bridgehead atoms. The van der Waals surface area contributed by atoms with Crippen LogP contribution in [-0.4, -0.2) is 59.4 Å². The first kappa shape index (κ1) is 51.9. The van der Waals surface area contributed by atoms with Crippen LogP contribution in [0, 0.1) is 17.3 Å². The molecule has 1 unspecified atom stereocenters. The fourth-order valence-electron chi connectivity index (χ4n) is 9.12. The van der Waals surface area contributed by atoms with Crippen LogP contribution in [0.4, 0.5) is 0 Å². The number of aliphatic hydroxyl groups excluding tert-OH is 1. The zero-order valence-corrected chi connectivity index (χ0v) is 37.4. The monoisotopic (exact) mass is 778 g/mol. The number of rotatable bonds is 35. The lowest BCUT2D eigenvalue weighted by Crippen LogP contribution is -2.39. The van der Waals surface area contributed by atoms with E-state index in [4.69, 9.17) is 9.84 Å². The van der Waals surface area contributed by atoms with Gasteiger partial charge in [-0.3, -0.25) is 9.59 Å². The van der Waals surface area contributed by atoms with Crippen molar-refractivity contribution in [3.63, 3.8) is 0 Å². The molecule has 1 saturated heterocycles. The minimum atomic E-state index is -0.577. The Bertz CT molecular complexity index is 839. The van der Waals surface area contributed by atoms with E-state index in [9.17, 15) is 14.7 Å². The number of hydrogen-bond acceptors (Lipinski definition) is 5. The third kappa shape index (κ3) is 27.2. The van der Waals surface area contributed by atoms with Gasteiger partial charge in [-0.25, -0.2) is 0 Å². The predicted octanol–water partition coefficient (Wildman–Crippen LogP) is 14.2. The van der Waals surface area contributed by atoms with Gasteiger partial charge in [0.1, 0.15) is 6.10 Å². The second-order valence-corrected chi connectivity index (χ2v) is 18.0. The van der Waals surface area contributed by atoms with Gasteiger partial charge in [0.25, 0.3) is 0 Å². The zero-order chi connectivity index (χ0) is 40.2. The van der Waals surface area contributed by atoms with Crippen molar-refractivity contribution in [1.82, 2.24) is 4.90 Å². The molecule has 2 aliphatic rings. The highest BCUT2D eigenvalue weighted by Crippen LogP contribution is 2.47. The Labute approximate surface area is 342 Å². The minimum absolute atomic E-state index is 0.0904. The van der Waals surface area contributed by atoms with Crippen molar-refractivity contribution >= 4 is 11.9 Å². The van der Waals surface area contributed by atoms with E-state index in [-0.39, 0.29) is 23.9 Å². The van der Waals surface area contributed by atoms with Gasteiger partial charge in [-0.15, -0.1) is 0 Å². The molecule has 1 saturated carbocycles. The quantitative estimate of drug-likeness (QED) is 0.0492. The molecule has 6 nitrogen and oxygen atoms in total. The van der Waals surface area contributed by atoms with Gasteiger partial charge in [-0.2, -0.15) is 0 Å². The SMILES string of the molecule is CCCCCCCCC(CCCCCCCC)C(=O)O.CCCCCCCCC(CCCCCCCC)C(=O)OC1CCC2(CCN(CCCCO)CC2)C1. The Morgan fingerprint density at radius 2 is 0.964 bits per heavy atom. The maximum Gasteiger partial charge on any atom is 0.309 e. The number of carbonyl (C=O) groups is 2. The molecule has 1 heterocycles. The molecule has 0 aromatic heterocycles. The topological polar surface area (TPSA) is 87.1 Å². The zero-order valence-electron chi connectivity index (χ0n) is 37.4. The standard InChI is InChI=1S/C31H59NO3.C18H36O2/c1-3-5-7-9-11-13-17-28(18-14-12-10-8-6-4-2)30(34)35-29-19-20-31(27-29)21-24-32(25-22-31)23-15-16-26-33;1-3-5-7-9-11-13-15-17(18(19)20)16-14-12-10-8-6-4-2/h28-29,33H,3-27H2,1-2H3;17H,3-16H2,1-2H3,(H,19,20). The van der Waals surface area contributed by atoms with Crippen molar-refractivity contribution in [2.45, 2.75) is 259 Å². The second kappa shape index (κ2) is 36.0. The first-order valence-electron chi connectivity index (χ1n) is 24.6. The number of aliphatic carboxylic acids is 1. The van der Waals surface area contributed by atoms with E-state index in [1.165, 1.54) is 174 Å². The van der Waals surface area contributed by atoms with Gasteiger partial charge in [0.05, 0.1) is 11.8 Å². The average Bonchev–Trinajstić information content (AvgIpc) is 3.57. The van der Waals surface area contributed by atoms with Gasteiger partial charge in [0, 0.05) is 6.61 Å². The number of hydrogen-bond donors (Lipinski definition) is 2. The number of likely N-dealkylation sites (tertiary alicyclic amines) is 1. The summed E-state index contributed by atoms with van der Waals surface area (Å²) < 4.78 is 6.22. The van der Waals surface area contributed by atoms with Gasteiger partial charge in [0.2, 0.25) is 0 Å². The van der Waals surface area contributed by atoms with Gasteiger partial charge in [0.15, 0.2) is 0 Å². The third-order valence-corrected chi connectivity index (χ3v) is 13.0. The maximum absolute atomic E-state index is 13.3. The van der Waals surface area contributed by atoms with Crippen LogP contribution >= 0.6 is 0 Å². The summed E-state index contributed by atoms with van der Waals surface area (Å²) in [6.45, 7) is 12.7. The molecule has 0 radical (unpaired) electrons. The first-order valence-corrected chi connectivity index (χ1v) is 24.6. The molecule has 2 rings (SSSR count). The molecule has 1 atom stereocenters. The van der Waals surface area contributed by atoms with Crippen LogP contribution < -0.4 is 0 Å². The van der Waals surface area contributed by atoms with Crippen LogP contribution in [0.5, 0.6) is 0 Å². The van der Waals surface area contributed by atoms with Crippen molar-refractivity contribution in [3.05, 3.63) is 0 Å². The molecular weight excluding hydrogens is 683 g/mol. The van der Waals surface area contributed by atoms with E-state index >= 15 is 0 Å². The summed E-state index contributed by atoms with van der Waals surface area (Å²) in [7, 11) is 0. The van der Waals surface area contributed by atoms with E-state index in [1.807, 2.05) is 0 Å². The minimum Gasteiger partial charge on any atom is -0.481 e. The number of aliphatic hydroxyl groups is 1. The Hall–Kier alpha value is -1.14. The molecule has 2 fully saturated rings. The first-order chi connectivity index (χ1) is 26.8. The lowest BCUT2D eigenvalue weighted by Gasteiger charge is -2.39. The second-order valence-electron chi connectivity index (χ2n) is 18.0. The Morgan fingerprint density at radius 1 is 0.564 bits per heavy atom. The van der Waals surface area contributed by atoms with Crippen LogP contribution in [0.3, 0.4) is 0 Å². The summed E-state index contributed by atoms with van der Waals surface area (Å²) in [6, 6.07) is 0. The lowest BCUT2D eigenvalue weighted by atomic mass is 9.77. The summed E-state index contributed by atoms with van der Waals surface area (Å²) in [5.74, 6) is -0.424. The Kier molecular flexibility index (Phi) is 33.9. The number of carboxylic acid groups (broad SMARTS) is 1. The van der Waals surface area contributed by atoms with E-state index in [1.54, 1.807) is 0 Å². The van der Waals surface area contributed by atoms with Gasteiger partial charge in [-0.05, 0) is 95.7 Å². The summed E-state index contributed by atoms with van der Waals surface area (Å²) in [5, 5.41) is 18.3. The number of unbranched alkanes of at least 4 members (excludes halogenated alkanes) is 21. The van der Waals surface area contributed by atoms with E-state index in [0.29, 0.717) is 12.0 Å². The molecule has 0 amide bonds. The van der Waals surface area contributed by atoms with Crippen LogP contribution in [0.25, 0.3) is 0 Å². The van der Waals surface area contributed by atoms with Crippen molar-refractivity contribution in [1.29, 1.82) is 0 Å². The highest BCUT2D eigenvalue weighted by Gasteiger charge is 2.43. The Balaban J connectivity index is 0.000000644. The number of nitrogens with zero attached hydrogens (tertiary/aromatic N) is 1. The molecule has 0 aromatic rings. The molecule has 0 aromatic carbocycles. The number of esters is 1. The van der Waals surface area contributed by atoms with Crippen LogP contribution in [-0.2, 0) is 14.3 Å². The predicted molar refractivity (Wildman–Crippen MR) is 235 cm³/mol. The lowest BCUT2D eigenvalue weighted by molar-refractivity contribution is -0.155. The maximum atomic E-state index is 13.3. The van der Waals surface area contributed by atoms with E-state index < -0.39 is 5.97 Å². The molecular formula is C49H95NO5. The third-order valence-electron chi connectivity index (χ3n) is 13.0. The number of carboxylic acids is 1. The largest absolute Gasteiger partial charge is 0.481 e. The summed E-state index contributed by atoms with van der Waals surface area (Å²) in [5.41, 5.74) is 0.409. The molecule has 6 heteroatoms. The summed E-state index contributed by atoms with van der Waals surface area (Å²) in [4.78, 5) is 27.0.